The van der Waals surface area contributed by atoms with Crippen LogP contribution in [0.5, 0.6) is 0 Å². The molecule has 0 unspecified atom stereocenters. The fourth-order valence-electron chi connectivity index (χ4n) is 1.96. The summed E-state index contributed by atoms with van der Waals surface area (Å²) < 4.78 is 0. The highest BCUT2D eigenvalue weighted by Crippen LogP contribution is 2.20. The summed E-state index contributed by atoms with van der Waals surface area (Å²) >= 11 is 0. The van der Waals surface area contributed by atoms with Gasteiger partial charge in [-0.05, 0) is 42.6 Å². The van der Waals surface area contributed by atoms with Crippen molar-refractivity contribution < 1.29 is 0 Å². The molecule has 1 aromatic heterocycles. The van der Waals surface area contributed by atoms with Crippen molar-refractivity contribution >= 4 is 10.9 Å². The van der Waals surface area contributed by atoms with Gasteiger partial charge in [0, 0.05) is 23.5 Å². The second-order valence-corrected chi connectivity index (χ2v) is 3.94. The van der Waals surface area contributed by atoms with Crippen molar-refractivity contribution in [2.75, 3.05) is 6.54 Å². The van der Waals surface area contributed by atoms with Crippen LogP contribution in [-0.2, 0) is 12.8 Å². The second kappa shape index (κ2) is 4.87. The predicted octanol–water partition coefficient (Wildman–Crippen LogP) is 2.23. The number of aromatic nitrogens is 1. The molecule has 16 heavy (non-hydrogen) atoms. The molecule has 0 radical (unpaired) electrons. The molecule has 1 heterocycles. The zero-order chi connectivity index (χ0) is 11.4. The highest BCUT2D eigenvalue weighted by molar-refractivity contribution is 5.83. The van der Waals surface area contributed by atoms with Crippen LogP contribution in [0.2, 0.25) is 0 Å². The number of aryl methyl sites for hydroxylation is 1. The van der Waals surface area contributed by atoms with E-state index in [0.717, 1.165) is 19.3 Å². The highest BCUT2D eigenvalue weighted by atomic mass is 14.7. The van der Waals surface area contributed by atoms with Crippen molar-refractivity contribution in [2.24, 2.45) is 5.73 Å². The molecule has 0 fully saturated rings. The number of aromatic amines is 1. The molecule has 0 saturated heterocycles. The van der Waals surface area contributed by atoms with Gasteiger partial charge in [-0.25, -0.2) is 0 Å². The van der Waals surface area contributed by atoms with Crippen LogP contribution in [0, 0.1) is 12.3 Å². The standard InChI is InChI=1S/C14H16N2/c1-2-3-4-11-5-6-14-13(9-11)12(7-8-15)10-16-14/h1,5-6,9-10,16H,3-4,7-8,15H2. The Hall–Kier alpha value is -1.72. The van der Waals surface area contributed by atoms with Gasteiger partial charge in [0.25, 0.3) is 0 Å². The Morgan fingerprint density at radius 2 is 2.19 bits per heavy atom. The Morgan fingerprint density at radius 3 is 2.94 bits per heavy atom. The first-order valence-corrected chi connectivity index (χ1v) is 5.57. The van der Waals surface area contributed by atoms with Crippen molar-refractivity contribution in [3.8, 4) is 12.3 Å². The van der Waals surface area contributed by atoms with E-state index in [1.807, 2.05) is 6.20 Å². The minimum absolute atomic E-state index is 0.682. The van der Waals surface area contributed by atoms with E-state index in [1.165, 1.54) is 22.0 Å². The van der Waals surface area contributed by atoms with Gasteiger partial charge in [-0.2, -0.15) is 0 Å². The number of benzene rings is 1. The molecule has 1 aromatic carbocycles. The average Bonchev–Trinajstić information content (AvgIpc) is 2.70. The summed E-state index contributed by atoms with van der Waals surface area (Å²) in [6.45, 7) is 0.682. The predicted molar refractivity (Wildman–Crippen MR) is 68.2 cm³/mol. The van der Waals surface area contributed by atoms with Crippen LogP contribution in [0.3, 0.4) is 0 Å². The number of rotatable bonds is 4. The minimum Gasteiger partial charge on any atom is -0.361 e. The molecular weight excluding hydrogens is 196 g/mol. The summed E-state index contributed by atoms with van der Waals surface area (Å²) in [5.74, 6) is 2.67. The lowest BCUT2D eigenvalue weighted by molar-refractivity contribution is 0.975. The number of nitrogens with two attached hydrogens (primary N) is 1. The molecule has 0 amide bonds. The van der Waals surface area contributed by atoms with Crippen LogP contribution in [0.4, 0.5) is 0 Å². The lowest BCUT2D eigenvalue weighted by Gasteiger charge is -2.00. The van der Waals surface area contributed by atoms with Gasteiger partial charge in [-0.1, -0.05) is 6.07 Å². The summed E-state index contributed by atoms with van der Waals surface area (Å²) in [7, 11) is 0. The summed E-state index contributed by atoms with van der Waals surface area (Å²) in [6, 6.07) is 6.46. The van der Waals surface area contributed by atoms with Crippen molar-refractivity contribution in [1.29, 1.82) is 0 Å². The van der Waals surface area contributed by atoms with Crippen LogP contribution in [0.1, 0.15) is 17.5 Å². The van der Waals surface area contributed by atoms with E-state index in [0.29, 0.717) is 6.54 Å². The lowest BCUT2D eigenvalue weighted by atomic mass is 10.0. The Labute approximate surface area is 95.9 Å². The normalized spacial score (nSPS) is 10.5. The number of hydrogen-bond donors (Lipinski definition) is 2. The molecule has 2 aromatic rings. The highest BCUT2D eigenvalue weighted by Gasteiger charge is 2.03. The van der Waals surface area contributed by atoms with Crippen molar-refractivity contribution in [1.82, 2.24) is 4.98 Å². The molecule has 0 saturated carbocycles. The molecule has 0 aliphatic heterocycles. The molecule has 0 bridgehead atoms. The van der Waals surface area contributed by atoms with E-state index in [1.54, 1.807) is 0 Å². The maximum Gasteiger partial charge on any atom is 0.0456 e. The average molecular weight is 212 g/mol. The SMILES string of the molecule is C#CCCc1ccc2[nH]cc(CCN)c2c1. The Balaban J connectivity index is 2.34. The fourth-order valence-corrected chi connectivity index (χ4v) is 1.96. The molecule has 2 nitrogen and oxygen atoms in total. The van der Waals surface area contributed by atoms with Crippen molar-refractivity contribution in [3.63, 3.8) is 0 Å². The van der Waals surface area contributed by atoms with E-state index in [4.69, 9.17) is 12.2 Å². The molecule has 2 heteroatoms. The molecule has 0 atom stereocenters. The Kier molecular flexibility index (Phi) is 3.28. The summed E-state index contributed by atoms with van der Waals surface area (Å²) in [5.41, 5.74) is 9.35. The van der Waals surface area contributed by atoms with Gasteiger partial charge in [-0.15, -0.1) is 12.3 Å². The fraction of sp³-hybridized carbons (Fsp3) is 0.286. The first kappa shape index (κ1) is 10.8. The molecule has 0 aliphatic carbocycles. The summed E-state index contributed by atoms with van der Waals surface area (Å²) in [5, 5.41) is 1.28. The molecule has 0 aliphatic rings. The van der Waals surface area contributed by atoms with Crippen molar-refractivity contribution in [3.05, 3.63) is 35.5 Å². The smallest absolute Gasteiger partial charge is 0.0456 e. The molecule has 3 N–H and O–H groups in total. The quantitative estimate of drug-likeness (QED) is 0.750. The van der Waals surface area contributed by atoms with E-state index >= 15 is 0 Å². The van der Waals surface area contributed by atoms with Crippen LogP contribution in [0.15, 0.2) is 24.4 Å². The van der Waals surface area contributed by atoms with Crippen LogP contribution in [0.25, 0.3) is 10.9 Å². The zero-order valence-electron chi connectivity index (χ0n) is 9.29. The third kappa shape index (κ3) is 2.10. The summed E-state index contributed by atoms with van der Waals surface area (Å²) in [4.78, 5) is 3.26. The van der Waals surface area contributed by atoms with Crippen molar-refractivity contribution in [2.45, 2.75) is 19.3 Å². The van der Waals surface area contributed by atoms with Gasteiger partial charge >= 0.3 is 0 Å². The van der Waals surface area contributed by atoms with Gasteiger partial charge in [0.05, 0.1) is 0 Å². The molecule has 2 rings (SSSR count). The number of fused-ring (bicyclic) bond motifs is 1. The van der Waals surface area contributed by atoms with Gasteiger partial charge in [0.2, 0.25) is 0 Å². The third-order valence-electron chi connectivity index (χ3n) is 2.80. The molecule has 0 spiro atoms. The van der Waals surface area contributed by atoms with Gasteiger partial charge in [0.1, 0.15) is 0 Å². The summed E-state index contributed by atoms with van der Waals surface area (Å²) in [6.07, 6.45) is 9.97. The van der Waals surface area contributed by atoms with Crippen LogP contribution < -0.4 is 5.73 Å². The van der Waals surface area contributed by atoms with E-state index < -0.39 is 0 Å². The Morgan fingerprint density at radius 1 is 1.31 bits per heavy atom. The topological polar surface area (TPSA) is 41.8 Å². The van der Waals surface area contributed by atoms with E-state index in [-0.39, 0.29) is 0 Å². The maximum atomic E-state index is 5.59. The largest absolute Gasteiger partial charge is 0.361 e. The third-order valence-corrected chi connectivity index (χ3v) is 2.80. The number of nitrogens with one attached hydrogen (secondary N) is 1. The van der Waals surface area contributed by atoms with Gasteiger partial charge in [-0.3, -0.25) is 0 Å². The lowest BCUT2D eigenvalue weighted by Crippen LogP contribution is -2.01. The second-order valence-electron chi connectivity index (χ2n) is 3.94. The number of hydrogen-bond acceptors (Lipinski definition) is 1. The van der Waals surface area contributed by atoms with E-state index in [9.17, 15) is 0 Å². The monoisotopic (exact) mass is 212 g/mol. The van der Waals surface area contributed by atoms with Gasteiger partial charge < -0.3 is 10.7 Å². The van der Waals surface area contributed by atoms with E-state index in [2.05, 4.69) is 29.1 Å². The van der Waals surface area contributed by atoms with Crippen LogP contribution >= 0.6 is 0 Å². The molecule has 82 valence electrons. The number of terminal acetylenes is 1. The molecular formula is C14H16N2. The first-order chi connectivity index (χ1) is 7.85. The number of H-pyrrole nitrogens is 1. The maximum absolute atomic E-state index is 5.59. The van der Waals surface area contributed by atoms with Crippen LogP contribution in [-0.4, -0.2) is 11.5 Å². The van der Waals surface area contributed by atoms with Gasteiger partial charge in [0.15, 0.2) is 0 Å². The Bertz CT molecular complexity index is 517. The zero-order valence-corrected chi connectivity index (χ0v) is 9.29. The minimum atomic E-state index is 0.682. The first-order valence-electron chi connectivity index (χ1n) is 5.57.